The van der Waals surface area contributed by atoms with Crippen LogP contribution in [0.15, 0.2) is 29.2 Å². The summed E-state index contributed by atoms with van der Waals surface area (Å²) in [4.78, 5) is 10.5. The molecule has 1 atom stereocenters. The van der Waals surface area contributed by atoms with Crippen LogP contribution in [0.5, 0.6) is 5.75 Å². The molecule has 0 heterocycles. The minimum absolute atomic E-state index is 0.631. The monoisotopic (exact) mass is 234 g/mol. The first-order valence-corrected chi connectivity index (χ1v) is 8.00. The van der Waals surface area contributed by atoms with Crippen molar-refractivity contribution >= 4 is 30.1 Å². The highest BCUT2D eigenvalue weighted by Crippen LogP contribution is 2.38. The standard InChI is InChI=1S/C8H11O2PS2/c1-11(9,12)10-7-3-5-8(13-2)6-4-7/h3-6H,1-2H3,(H,9,12). The van der Waals surface area contributed by atoms with E-state index in [0.29, 0.717) is 5.75 Å². The van der Waals surface area contributed by atoms with Crippen LogP contribution in [0.4, 0.5) is 0 Å². The minimum Gasteiger partial charge on any atom is -0.444 e. The fourth-order valence-corrected chi connectivity index (χ4v) is 2.01. The van der Waals surface area contributed by atoms with Crippen LogP contribution in [-0.4, -0.2) is 17.8 Å². The molecular formula is C8H11O2PS2. The van der Waals surface area contributed by atoms with Gasteiger partial charge in [0.2, 0.25) is 6.49 Å². The molecule has 5 heteroatoms. The molecule has 2 nitrogen and oxygen atoms in total. The van der Waals surface area contributed by atoms with Gasteiger partial charge in [0.25, 0.3) is 0 Å². The Morgan fingerprint density at radius 1 is 1.38 bits per heavy atom. The molecule has 1 N–H and O–H groups in total. The summed E-state index contributed by atoms with van der Waals surface area (Å²) in [7, 11) is 0. The molecule has 0 fully saturated rings. The van der Waals surface area contributed by atoms with E-state index in [2.05, 4.69) is 0 Å². The molecule has 0 aliphatic rings. The van der Waals surface area contributed by atoms with Crippen LogP contribution in [0.25, 0.3) is 0 Å². The van der Waals surface area contributed by atoms with Crippen LogP contribution in [0, 0.1) is 0 Å². The van der Waals surface area contributed by atoms with Gasteiger partial charge in [0.15, 0.2) is 0 Å². The maximum Gasteiger partial charge on any atom is 0.232 e. The molecule has 0 bridgehead atoms. The van der Waals surface area contributed by atoms with Crippen LogP contribution in [-0.2, 0) is 11.8 Å². The van der Waals surface area contributed by atoms with Crippen molar-refractivity contribution in [3.63, 3.8) is 0 Å². The van der Waals surface area contributed by atoms with Crippen molar-refractivity contribution in [2.75, 3.05) is 12.9 Å². The van der Waals surface area contributed by atoms with E-state index in [0.717, 1.165) is 4.90 Å². The summed E-state index contributed by atoms with van der Waals surface area (Å²) >= 11 is 6.43. The van der Waals surface area contributed by atoms with E-state index in [4.69, 9.17) is 16.3 Å². The molecular weight excluding hydrogens is 223 g/mol. The van der Waals surface area contributed by atoms with Gasteiger partial charge in [0, 0.05) is 11.6 Å². The topological polar surface area (TPSA) is 29.5 Å². The minimum atomic E-state index is -2.58. The predicted octanol–water partition coefficient (Wildman–Crippen LogP) is 2.72. The second-order valence-electron chi connectivity index (χ2n) is 2.57. The normalized spacial score (nSPS) is 15.0. The molecule has 0 spiro atoms. The van der Waals surface area contributed by atoms with Crippen LogP contribution >= 0.6 is 18.3 Å². The molecule has 0 aliphatic carbocycles. The lowest BCUT2D eigenvalue weighted by Crippen LogP contribution is -1.88. The highest BCUT2D eigenvalue weighted by Gasteiger charge is 2.05. The van der Waals surface area contributed by atoms with Gasteiger partial charge < -0.3 is 9.42 Å². The van der Waals surface area contributed by atoms with Gasteiger partial charge in [-0.05, 0) is 42.3 Å². The van der Waals surface area contributed by atoms with Crippen molar-refractivity contribution in [3.05, 3.63) is 24.3 Å². The third kappa shape index (κ3) is 4.14. The number of thioether (sulfide) groups is 1. The molecule has 0 aliphatic heterocycles. The summed E-state index contributed by atoms with van der Waals surface area (Å²) in [6.45, 7) is -1.05. The summed E-state index contributed by atoms with van der Waals surface area (Å²) in [5.74, 6) is 0.631. The molecule has 0 radical (unpaired) electrons. The Balaban J connectivity index is 2.76. The second kappa shape index (κ2) is 4.47. The molecule has 1 rings (SSSR count). The van der Waals surface area contributed by atoms with Crippen LogP contribution in [0.1, 0.15) is 0 Å². The van der Waals surface area contributed by atoms with E-state index in [-0.39, 0.29) is 0 Å². The first kappa shape index (κ1) is 11.1. The Bertz CT molecular complexity index is 317. The van der Waals surface area contributed by atoms with Crippen LogP contribution < -0.4 is 4.52 Å². The summed E-state index contributed by atoms with van der Waals surface area (Å²) in [5, 5.41) is 0. The number of rotatable bonds is 3. The quantitative estimate of drug-likeness (QED) is 0.643. The predicted molar refractivity (Wildman–Crippen MR) is 61.3 cm³/mol. The van der Waals surface area contributed by atoms with Gasteiger partial charge in [-0.1, -0.05) is 0 Å². The maximum absolute atomic E-state index is 9.30. The molecule has 1 aromatic carbocycles. The lowest BCUT2D eigenvalue weighted by Gasteiger charge is -2.11. The average Bonchev–Trinajstić information content (AvgIpc) is 2.03. The van der Waals surface area contributed by atoms with Crippen molar-refractivity contribution in [2.24, 2.45) is 0 Å². The maximum atomic E-state index is 9.30. The third-order valence-corrected chi connectivity index (χ3v) is 2.85. The Hall–Kier alpha value is -0.0200. The molecule has 0 aromatic heterocycles. The van der Waals surface area contributed by atoms with E-state index in [1.165, 1.54) is 6.66 Å². The zero-order valence-corrected chi connectivity index (χ0v) is 9.96. The van der Waals surface area contributed by atoms with Gasteiger partial charge in [-0.15, -0.1) is 11.8 Å². The summed E-state index contributed by atoms with van der Waals surface area (Å²) in [6, 6.07) is 7.50. The summed E-state index contributed by atoms with van der Waals surface area (Å²) < 4.78 is 5.17. The first-order valence-electron chi connectivity index (χ1n) is 3.65. The molecule has 0 saturated heterocycles. The zero-order chi connectivity index (χ0) is 9.90. The van der Waals surface area contributed by atoms with E-state index < -0.39 is 6.49 Å². The Morgan fingerprint density at radius 2 is 1.92 bits per heavy atom. The van der Waals surface area contributed by atoms with E-state index in [1.807, 2.05) is 30.5 Å². The van der Waals surface area contributed by atoms with Gasteiger partial charge in [-0.2, -0.15) is 0 Å². The first-order chi connectivity index (χ1) is 6.01. The van der Waals surface area contributed by atoms with Gasteiger partial charge in [0.1, 0.15) is 5.75 Å². The zero-order valence-electron chi connectivity index (χ0n) is 7.43. The van der Waals surface area contributed by atoms with Gasteiger partial charge in [0.05, 0.1) is 0 Å². The second-order valence-corrected chi connectivity index (χ2v) is 7.27. The number of benzene rings is 1. The summed E-state index contributed by atoms with van der Waals surface area (Å²) in [5.41, 5.74) is 0. The fraction of sp³-hybridized carbons (Fsp3) is 0.250. The highest BCUT2D eigenvalue weighted by atomic mass is 32.5. The molecule has 1 unspecified atom stereocenters. The summed E-state index contributed by atoms with van der Waals surface area (Å²) in [6.07, 6.45) is 2.01. The van der Waals surface area contributed by atoms with Crippen molar-refractivity contribution in [2.45, 2.75) is 4.90 Å². The van der Waals surface area contributed by atoms with Crippen molar-refractivity contribution in [3.8, 4) is 5.75 Å². The van der Waals surface area contributed by atoms with Gasteiger partial charge in [-0.25, -0.2) is 0 Å². The average molecular weight is 234 g/mol. The van der Waals surface area contributed by atoms with Crippen molar-refractivity contribution < 1.29 is 9.42 Å². The van der Waals surface area contributed by atoms with E-state index in [9.17, 15) is 4.89 Å². The van der Waals surface area contributed by atoms with Crippen molar-refractivity contribution in [1.82, 2.24) is 0 Å². The lowest BCUT2D eigenvalue weighted by atomic mass is 10.3. The van der Waals surface area contributed by atoms with Crippen LogP contribution in [0.3, 0.4) is 0 Å². The smallest absolute Gasteiger partial charge is 0.232 e. The van der Waals surface area contributed by atoms with E-state index in [1.54, 1.807) is 11.8 Å². The molecule has 13 heavy (non-hydrogen) atoms. The Labute approximate surface area is 87.5 Å². The largest absolute Gasteiger partial charge is 0.444 e. The van der Waals surface area contributed by atoms with Crippen LogP contribution in [0.2, 0.25) is 0 Å². The number of hydrogen-bond acceptors (Lipinski definition) is 3. The molecule has 0 saturated carbocycles. The Kier molecular flexibility index (Phi) is 3.80. The Morgan fingerprint density at radius 3 is 2.31 bits per heavy atom. The molecule has 1 aromatic rings. The molecule has 72 valence electrons. The number of hydrogen-bond donors (Lipinski definition) is 1. The van der Waals surface area contributed by atoms with Gasteiger partial charge in [-0.3, -0.25) is 0 Å². The fourth-order valence-electron chi connectivity index (χ4n) is 0.832. The van der Waals surface area contributed by atoms with Crippen molar-refractivity contribution in [1.29, 1.82) is 0 Å². The van der Waals surface area contributed by atoms with Gasteiger partial charge >= 0.3 is 0 Å². The SMILES string of the molecule is CSc1ccc(OP(C)(O)=S)cc1. The highest BCUT2D eigenvalue weighted by molar-refractivity contribution is 8.09. The van der Waals surface area contributed by atoms with E-state index >= 15 is 0 Å². The molecule has 0 amide bonds. The lowest BCUT2D eigenvalue weighted by molar-refractivity contribution is 0.490. The third-order valence-electron chi connectivity index (χ3n) is 1.33.